The van der Waals surface area contributed by atoms with Crippen LogP contribution in [0, 0.1) is 13.8 Å². The molecule has 2 aromatic rings. The van der Waals surface area contributed by atoms with E-state index in [1.54, 1.807) is 18.0 Å². The average Bonchev–Trinajstić information content (AvgIpc) is 2.41. The highest BCUT2D eigenvalue weighted by Crippen LogP contribution is 2.18. The SMILES string of the molecule is Cc1cccc(CN(C)C(=O)c2cccc(C)c2N)n1. The smallest absolute Gasteiger partial charge is 0.256 e. The fourth-order valence-electron chi connectivity index (χ4n) is 2.08. The van der Waals surface area contributed by atoms with Crippen molar-refractivity contribution < 1.29 is 4.79 Å². The van der Waals surface area contributed by atoms with Gasteiger partial charge < -0.3 is 10.6 Å². The summed E-state index contributed by atoms with van der Waals surface area (Å²) in [4.78, 5) is 18.5. The standard InChI is InChI=1S/C16H19N3O/c1-11-6-4-9-14(15(11)17)16(20)19(3)10-13-8-5-7-12(2)18-13/h4-9H,10,17H2,1-3H3. The number of rotatable bonds is 3. The van der Waals surface area contributed by atoms with Crippen molar-refractivity contribution in [3.8, 4) is 0 Å². The molecule has 1 aromatic carbocycles. The summed E-state index contributed by atoms with van der Waals surface area (Å²) >= 11 is 0. The summed E-state index contributed by atoms with van der Waals surface area (Å²) in [5, 5.41) is 0. The Bertz CT molecular complexity index is 637. The van der Waals surface area contributed by atoms with Crippen molar-refractivity contribution in [2.75, 3.05) is 12.8 Å². The highest BCUT2D eigenvalue weighted by Gasteiger charge is 2.16. The predicted octanol–water partition coefficient (Wildman–Crippen LogP) is 2.55. The van der Waals surface area contributed by atoms with Crippen LogP contribution in [0.3, 0.4) is 0 Å². The molecule has 0 saturated heterocycles. The van der Waals surface area contributed by atoms with Gasteiger partial charge in [-0.25, -0.2) is 0 Å². The van der Waals surface area contributed by atoms with Gasteiger partial charge in [-0.15, -0.1) is 0 Å². The molecule has 2 N–H and O–H groups in total. The van der Waals surface area contributed by atoms with E-state index < -0.39 is 0 Å². The Morgan fingerprint density at radius 1 is 1.20 bits per heavy atom. The van der Waals surface area contributed by atoms with E-state index in [1.165, 1.54) is 0 Å². The van der Waals surface area contributed by atoms with Gasteiger partial charge in [0.15, 0.2) is 0 Å². The fraction of sp³-hybridized carbons (Fsp3) is 0.250. The molecule has 104 valence electrons. The Morgan fingerprint density at radius 2 is 1.90 bits per heavy atom. The van der Waals surface area contributed by atoms with Gasteiger partial charge >= 0.3 is 0 Å². The molecule has 0 aliphatic heterocycles. The number of carbonyl (C=O) groups is 1. The number of aryl methyl sites for hydroxylation is 2. The Morgan fingerprint density at radius 3 is 2.60 bits per heavy atom. The van der Waals surface area contributed by atoms with Crippen LogP contribution in [0.4, 0.5) is 5.69 Å². The monoisotopic (exact) mass is 269 g/mol. The minimum absolute atomic E-state index is 0.0884. The Hall–Kier alpha value is -2.36. The van der Waals surface area contributed by atoms with Gasteiger partial charge in [-0.1, -0.05) is 18.2 Å². The normalized spacial score (nSPS) is 10.3. The van der Waals surface area contributed by atoms with Crippen molar-refractivity contribution >= 4 is 11.6 Å². The van der Waals surface area contributed by atoms with Gasteiger partial charge in [-0.05, 0) is 37.6 Å². The third-order valence-electron chi connectivity index (χ3n) is 3.25. The number of para-hydroxylation sites is 1. The van der Waals surface area contributed by atoms with E-state index in [0.29, 0.717) is 17.8 Å². The first-order valence-electron chi connectivity index (χ1n) is 6.52. The minimum atomic E-state index is -0.0884. The van der Waals surface area contributed by atoms with Crippen LogP contribution in [0.1, 0.15) is 27.3 Å². The number of anilines is 1. The molecular formula is C16H19N3O. The number of nitrogen functional groups attached to an aromatic ring is 1. The zero-order chi connectivity index (χ0) is 14.7. The number of hydrogen-bond acceptors (Lipinski definition) is 3. The van der Waals surface area contributed by atoms with E-state index >= 15 is 0 Å². The molecule has 0 saturated carbocycles. The number of hydrogen-bond donors (Lipinski definition) is 1. The lowest BCUT2D eigenvalue weighted by Crippen LogP contribution is -2.27. The van der Waals surface area contributed by atoms with Crippen LogP contribution in [0.25, 0.3) is 0 Å². The number of amides is 1. The molecule has 2 rings (SSSR count). The van der Waals surface area contributed by atoms with Crippen LogP contribution in [0.15, 0.2) is 36.4 Å². The lowest BCUT2D eigenvalue weighted by atomic mass is 10.1. The Kier molecular flexibility index (Phi) is 4.03. The van der Waals surface area contributed by atoms with Crippen molar-refractivity contribution in [3.05, 3.63) is 58.9 Å². The summed E-state index contributed by atoms with van der Waals surface area (Å²) in [5.74, 6) is -0.0884. The topological polar surface area (TPSA) is 59.2 Å². The second kappa shape index (κ2) is 5.74. The van der Waals surface area contributed by atoms with Crippen molar-refractivity contribution in [3.63, 3.8) is 0 Å². The van der Waals surface area contributed by atoms with Gasteiger partial charge in [0.1, 0.15) is 0 Å². The molecule has 0 atom stereocenters. The minimum Gasteiger partial charge on any atom is -0.398 e. The second-order valence-corrected chi connectivity index (χ2v) is 4.97. The molecule has 0 aliphatic carbocycles. The first-order valence-corrected chi connectivity index (χ1v) is 6.52. The summed E-state index contributed by atoms with van der Waals surface area (Å²) in [7, 11) is 1.76. The van der Waals surface area contributed by atoms with Gasteiger partial charge in [0, 0.05) is 18.4 Å². The van der Waals surface area contributed by atoms with Gasteiger partial charge in [0.05, 0.1) is 17.8 Å². The van der Waals surface area contributed by atoms with Crippen LogP contribution in [0.5, 0.6) is 0 Å². The molecule has 4 nitrogen and oxygen atoms in total. The van der Waals surface area contributed by atoms with Crippen molar-refractivity contribution in [1.29, 1.82) is 0 Å². The largest absolute Gasteiger partial charge is 0.398 e. The summed E-state index contributed by atoms with van der Waals surface area (Å²) < 4.78 is 0. The molecule has 0 spiro atoms. The lowest BCUT2D eigenvalue weighted by Gasteiger charge is -2.18. The molecule has 20 heavy (non-hydrogen) atoms. The molecule has 1 heterocycles. The number of pyridine rings is 1. The van der Waals surface area contributed by atoms with Crippen LogP contribution < -0.4 is 5.73 Å². The zero-order valence-electron chi connectivity index (χ0n) is 12.1. The van der Waals surface area contributed by atoms with Crippen molar-refractivity contribution in [1.82, 2.24) is 9.88 Å². The molecule has 0 bridgehead atoms. The zero-order valence-corrected chi connectivity index (χ0v) is 12.1. The highest BCUT2D eigenvalue weighted by atomic mass is 16.2. The van der Waals surface area contributed by atoms with Gasteiger partial charge in [0.25, 0.3) is 5.91 Å². The molecule has 1 amide bonds. The van der Waals surface area contributed by atoms with Gasteiger partial charge in [-0.3, -0.25) is 9.78 Å². The second-order valence-electron chi connectivity index (χ2n) is 4.97. The number of nitrogens with two attached hydrogens (primary N) is 1. The van der Waals surface area contributed by atoms with Gasteiger partial charge in [-0.2, -0.15) is 0 Å². The van der Waals surface area contributed by atoms with E-state index in [-0.39, 0.29) is 5.91 Å². The van der Waals surface area contributed by atoms with E-state index in [9.17, 15) is 4.79 Å². The van der Waals surface area contributed by atoms with Crippen LogP contribution >= 0.6 is 0 Å². The summed E-state index contributed by atoms with van der Waals surface area (Å²) in [6, 6.07) is 11.3. The lowest BCUT2D eigenvalue weighted by molar-refractivity contribution is 0.0784. The Balaban J connectivity index is 2.19. The van der Waals surface area contributed by atoms with Crippen LogP contribution in [-0.2, 0) is 6.54 Å². The number of aromatic nitrogens is 1. The number of nitrogens with zero attached hydrogens (tertiary/aromatic N) is 2. The number of carbonyl (C=O) groups excluding carboxylic acids is 1. The van der Waals surface area contributed by atoms with Crippen molar-refractivity contribution in [2.45, 2.75) is 20.4 Å². The molecule has 0 radical (unpaired) electrons. The van der Waals surface area contributed by atoms with Crippen LogP contribution in [0.2, 0.25) is 0 Å². The summed E-state index contributed by atoms with van der Waals surface area (Å²) in [5.41, 5.74) is 9.79. The maximum atomic E-state index is 12.4. The molecule has 0 fully saturated rings. The van der Waals surface area contributed by atoms with E-state index in [1.807, 2.05) is 44.2 Å². The maximum Gasteiger partial charge on any atom is 0.256 e. The van der Waals surface area contributed by atoms with Gasteiger partial charge in [0.2, 0.25) is 0 Å². The molecule has 4 heteroatoms. The number of benzene rings is 1. The van der Waals surface area contributed by atoms with E-state index in [2.05, 4.69) is 4.98 Å². The highest BCUT2D eigenvalue weighted by molar-refractivity contribution is 5.99. The quantitative estimate of drug-likeness (QED) is 0.871. The first-order chi connectivity index (χ1) is 9.49. The van der Waals surface area contributed by atoms with Crippen molar-refractivity contribution in [2.24, 2.45) is 0 Å². The average molecular weight is 269 g/mol. The third kappa shape index (κ3) is 2.96. The third-order valence-corrected chi connectivity index (χ3v) is 3.25. The molecular weight excluding hydrogens is 250 g/mol. The molecule has 1 aromatic heterocycles. The predicted molar refractivity (Wildman–Crippen MR) is 80.4 cm³/mol. The Labute approximate surface area is 119 Å². The fourth-order valence-corrected chi connectivity index (χ4v) is 2.08. The maximum absolute atomic E-state index is 12.4. The van der Waals surface area contributed by atoms with Crippen LogP contribution in [-0.4, -0.2) is 22.8 Å². The summed E-state index contributed by atoms with van der Waals surface area (Å²) in [6.45, 7) is 4.30. The van der Waals surface area contributed by atoms with E-state index in [0.717, 1.165) is 17.0 Å². The first kappa shape index (κ1) is 14.1. The molecule has 0 aliphatic rings. The van der Waals surface area contributed by atoms with E-state index in [4.69, 9.17) is 5.73 Å². The summed E-state index contributed by atoms with van der Waals surface area (Å²) in [6.07, 6.45) is 0. The molecule has 0 unspecified atom stereocenters.